The number of carbonyl (C=O) groups excluding carboxylic acids is 6. The standard InChI is InChI=1S/C25H44N2O.C22H26N2O3.C20H22N2O3.C20H30N2O.C19H28N2O/c1-6-7-8-9-10-11-12-13-14-15-19-26-24(28)27-25(4,5)23-18-16-17-22(20-23)21(2)3;1-6-27-20(25)17-10-8-12-19(14-17)23-21(26)24-22(4,5)18-11-7-9-16(13-18)15(2)3;1-13(2)14-7-5-9-16(11-14)20(3,4)22-19(25)21-17-10-6-8-15(12-17)18(23)24;1-14(2)16-7-6-8-17(13-16)20(4,5)22-19(23)21-18-11-9-15(3)10-12-18;1-14(2)15-9-8-10-16(13-15)19(3,4)21-18(22)20-17-11-6-5-7-12-17/h16-18,20-21H,6-15,19H2,1-5H3,(H2,26,27,28);7-14H,2,6H2,1,3-5H3,(H2,23,24,26);5-12H,1H2,2-4H3,(H,23,24)(H2,21,22,25);6-8,13,15,18H,1,9-12H2,2-5H3,(H2,21,22,23);8-10,13,17H,1,5-7,11-12H2,2-4H3,(H2,20,21,22). The Bertz CT molecular complexity index is 4690. The maximum absolute atomic E-state index is 12.5. The molecular formula is C106H150N10O9. The van der Waals surface area contributed by atoms with Crippen LogP contribution in [0, 0.1) is 5.92 Å². The van der Waals surface area contributed by atoms with Crippen molar-refractivity contribution in [3.05, 3.63) is 263 Å². The Balaban J connectivity index is 0.000000278. The molecule has 0 radical (unpaired) electrons. The van der Waals surface area contributed by atoms with E-state index in [1.807, 2.05) is 162 Å². The Labute approximate surface area is 749 Å². The summed E-state index contributed by atoms with van der Waals surface area (Å²) in [4.78, 5) is 84.5. The smallest absolute Gasteiger partial charge is 0.338 e. The Morgan fingerprint density at radius 2 is 0.704 bits per heavy atom. The average molecular weight is 1710 g/mol. The predicted octanol–water partition coefficient (Wildman–Crippen LogP) is 26.1. The SMILES string of the molecule is C=C(C)c1cccc(C(C)(C)NC(=O)NC2CCC(C)CC2)c1.C=C(C)c1cccc(C(C)(C)NC(=O)NC2CCCCC2)c1.C=C(C)c1cccc(C(C)(C)NC(=O)Nc2cccc(C(=O)O)c2)c1.C=C(C)c1cccc(C(C)(C)NC(=O)Nc2cccc(C(=O)OCC)c2)c1.CCCCCCCCCCCCNC(=O)NC(C)(C)c1cccc(C(C)C)c1. The van der Waals surface area contributed by atoms with E-state index >= 15 is 0 Å². The van der Waals surface area contributed by atoms with Crippen molar-refractivity contribution in [3.8, 4) is 0 Å². The van der Waals surface area contributed by atoms with E-state index in [0.717, 1.165) is 117 Å². The molecule has 2 fully saturated rings. The molecular weight excluding hydrogens is 1560 g/mol. The Morgan fingerprint density at radius 3 is 1.07 bits per heavy atom. The molecule has 11 N–H and O–H groups in total. The topological polar surface area (TPSA) is 269 Å². The third-order valence-electron chi connectivity index (χ3n) is 22.8. The number of hydrogen-bond donors (Lipinski definition) is 11. The van der Waals surface area contributed by atoms with Crippen LogP contribution in [0.5, 0.6) is 0 Å². The molecule has 0 spiro atoms. The number of carboxylic acids is 1. The van der Waals surface area contributed by atoms with Crippen LogP contribution in [-0.2, 0) is 32.4 Å². The van der Waals surface area contributed by atoms with Gasteiger partial charge in [-0.3, -0.25) is 0 Å². The van der Waals surface area contributed by atoms with Crippen LogP contribution in [0.15, 0.2) is 196 Å². The minimum atomic E-state index is -1.04. The molecule has 10 amide bonds. The second-order valence-electron chi connectivity index (χ2n) is 36.7. The Kier molecular flexibility index (Phi) is 42.8. The lowest BCUT2D eigenvalue weighted by atomic mass is 9.87. The first-order valence-electron chi connectivity index (χ1n) is 45.1. The highest BCUT2D eigenvalue weighted by atomic mass is 16.5. The number of rotatable bonds is 33. The zero-order valence-electron chi connectivity index (χ0n) is 78.9. The highest BCUT2D eigenvalue weighted by molar-refractivity contribution is 5.95. The molecule has 19 nitrogen and oxygen atoms in total. The fraction of sp³-hybridized carbons (Fsp3) is 0.462. The maximum Gasteiger partial charge on any atom is 0.338 e. The van der Waals surface area contributed by atoms with E-state index in [1.165, 1.54) is 108 Å². The van der Waals surface area contributed by atoms with E-state index < -0.39 is 40.1 Å². The number of nitrogens with one attached hydrogen (secondary N) is 10. The predicted molar refractivity (Wildman–Crippen MR) is 520 cm³/mol. The summed E-state index contributed by atoms with van der Waals surface area (Å²) in [6.45, 7) is 55.4. The number of benzene rings is 7. The Hall–Kier alpha value is -11.2. The van der Waals surface area contributed by atoms with Crippen LogP contribution in [0.25, 0.3) is 22.3 Å². The molecule has 0 bridgehead atoms. The van der Waals surface area contributed by atoms with Crippen molar-refractivity contribution in [1.29, 1.82) is 0 Å². The lowest BCUT2D eigenvalue weighted by molar-refractivity contribution is 0.0525. The molecule has 0 aliphatic heterocycles. The number of hydrogen-bond acceptors (Lipinski definition) is 8. The molecule has 0 saturated heterocycles. The number of urea groups is 5. The van der Waals surface area contributed by atoms with Crippen LogP contribution in [0.1, 0.15) is 336 Å². The molecule has 2 aliphatic carbocycles. The number of amides is 10. The lowest BCUT2D eigenvalue weighted by Gasteiger charge is -2.31. The third-order valence-corrected chi connectivity index (χ3v) is 22.8. The number of aromatic carboxylic acids is 1. The summed E-state index contributed by atoms with van der Waals surface area (Å²) in [7, 11) is 0. The monoisotopic (exact) mass is 1710 g/mol. The number of anilines is 2. The van der Waals surface area contributed by atoms with Gasteiger partial charge in [0.1, 0.15) is 0 Å². The largest absolute Gasteiger partial charge is 0.478 e. The van der Waals surface area contributed by atoms with Crippen molar-refractivity contribution in [2.45, 2.75) is 299 Å². The maximum atomic E-state index is 12.5. The summed E-state index contributed by atoms with van der Waals surface area (Å²) in [6, 6.07) is 53.1. The van der Waals surface area contributed by atoms with Gasteiger partial charge in [0.2, 0.25) is 0 Å². The van der Waals surface area contributed by atoms with E-state index in [0.29, 0.717) is 41.5 Å². The zero-order chi connectivity index (χ0) is 92.7. The lowest BCUT2D eigenvalue weighted by Crippen LogP contribution is -2.50. The minimum Gasteiger partial charge on any atom is -0.478 e. The first-order valence-corrected chi connectivity index (χ1v) is 45.1. The molecule has 0 aromatic heterocycles. The number of allylic oxidation sites excluding steroid dienone is 4. The van der Waals surface area contributed by atoms with Crippen LogP contribution in [0.3, 0.4) is 0 Å². The third kappa shape index (κ3) is 37.6. The molecule has 19 heteroatoms. The molecule has 125 heavy (non-hydrogen) atoms. The molecule has 678 valence electrons. The second kappa shape index (κ2) is 51.3. The van der Waals surface area contributed by atoms with Gasteiger partial charge >= 0.3 is 42.1 Å². The van der Waals surface area contributed by atoms with Gasteiger partial charge in [-0.2, -0.15) is 0 Å². The zero-order valence-corrected chi connectivity index (χ0v) is 78.9. The van der Waals surface area contributed by atoms with Gasteiger partial charge in [-0.05, 0) is 277 Å². The summed E-state index contributed by atoms with van der Waals surface area (Å²) < 4.78 is 4.98. The number of ether oxygens (including phenoxy) is 1. The normalized spacial score (nSPS) is 13.9. The van der Waals surface area contributed by atoms with E-state index in [-0.39, 0.29) is 35.2 Å². The highest BCUT2D eigenvalue weighted by Crippen LogP contribution is 2.31. The van der Waals surface area contributed by atoms with Gasteiger partial charge in [0.05, 0.1) is 45.4 Å². The van der Waals surface area contributed by atoms with E-state index in [9.17, 15) is 33.6 Å². The molecule has 7 aromatic rings. The molecule has 2 aliphatic rings. The van der Waals surface area contributed by atoms with Gasteiger partial charge in [0.15, 0.2) is 0 Å². The summed E-state index contributed by atoms with van der Waals surface area (Å²) in [5, 5.41) is 38.9. The van der Waals surface area contributed by atoms with Gasteiger partial charge in [-0.15, -0.1) is 0 Å². The van der Waals surface area contributed by atoms with E-state index in [4.69, 9.17) is 9.84 Å². The van der Waals surface area contributed by atoms with Crippen LogP contribution in [-0.4, -0.2) is 72.4 Å². The van der Waals surface area contributed by atoms with Crippen LogP contribution < -0.4 is 53.2 Å². The van der Waals surface area contributed by atoms with Crippen LogP contribution in [0.2, 0.25) is 0 Å². The molecule has 0 unspecified atom stereocenters. The molecule has 2 saturated carbocycles. The van der Waals surface area contributed by atoms with Crippen LogP contribution in [0.4, 0.5) is 35.3 Å². The minimum absolute atomic E-state index is 0.0716. The quantitative estimate of drug-likeness (QED) is 0.0138. The number of carbonyl (C=O) groups is 7. The fourth-order valence-electron chi connectivity index (χ4n) is 14.7. The molecule has 0 heterocycles. The van der Waals surface area contributed by atoms with Crippen molar-refractivity contribution >= 4 is 75.8 Å². The first kappa shape index (κ1) is 104. The molecule has 0 atom stereocenters. The summed E-state index contributed by atoms with van der Waals surface area (Å²) >= 11 is 0. The van der Waals surface area contributed by atoms with Crippen molar-refractivity contribution in [2.75, 3.05) is 23.8 Å². The molecule has 7 aromatic carbocycles. The van der Waals surface area contributed by atoms with Gasteiger partial charge in [0.25, 0.3) is 0 Å². The summed E-state index contributed by atoms with van der Waals surface area (Å²) in [5.74, 6) is -0.183. The van der Waals surface area contributed by atoms with Crippen molar-refractivity contribution in [2.24, 2.45) is 5.92 Å². The summed E-state index contributed by atoms with van der Waals surface area (Å²) in [6.07, 6.45) is 23.6. The second-order valence-corrected chi connectivity index (χ2v) is 36.7. The number of unbranched alkanes of at least 4 members (excludes halogenated alkanes) is 9. The number of carboxylic acid groups (broad SMARTS) is 1. The van der Waals surface area contributed by atoms with Crippen molar-refractivity contribution in [1.82, 2.24) is 42.5 Å². The molecule has 9 rings (SSSR count). The van der Waals surface area contributed by atoms with Gasteiger partial charge in [-0.1, -0.05) is 263 Å². The van der Waals surface area contributed by atoms with Gasteiger partial charge < -0.3 is 63.0 Å². The average Bonchev–Trinajstić information content (AvgIpc) is 0.833. The van der Waals surface area contributed by atoms with Gasteiger partial charge in [-0.25, -0.2) is 33.6 Å². The Morgan fingerprint density at radius 1 is 0.384 bits per heavy atom. The van der Waals surface area contributed by atoms with E-state index in [1.54, 1.807) is 43.3 Å². The van der Waals surface area contributed by atoms with Crippen LogP contribution >= 0.6 is 0 Å². The van der Waals surface area contributed by atoms with Crippen molar-refractivity contribution in [3.63, 3.8) is 0 Å². The number of esters is 1. The van der Waals surface area contributed by atoms with Crippen molar-refractivity contribution < 1.29 is 43.4 Å². The van der Waals surface area contributed by atoms with E-state index in [2.05, 4.69) is 163 Å². The fourth-order valence-corrected chi connectivity index (χ4v) is 14.7. The first-order chi connectivity index (χ1) is 58.9. The highest BCUT2D eigenvalue weighted by Gasteiger charge is 2.30. The summed E-state index contributed by atoms with van der Waals surface area (Å²) in [5.41, 5.74) is 13.8. The van der Waals surface area contributed by atoms with Gasteiger partial charge in [0, 0.05) is 30.0 Å².